The van der Waals surface area contributed by atoms with Crippen molar-refractivity contribution < 1.29 is 4.79 Å². The van der Waals surface area contributed by atoms with Gasteiger partial charge in [-0.15, -0.1) is 0 Å². The van der Waals surface area contributed by atoms with Crippen LogP contribution in [0.5, 0.6) is 0 Å². The monoisotopic (exact) mass is 259 g/mol. The first-order chi connectivity index (χ1) is 8.52. The van der Waals surface area contributed by atoms with Crippen LogP contribution < -0.4 is 5.73 Å². The molecule has 2 rings (SSSR count). The number of para-hydroxylation sites is 1. The average molecular weight is 259 g/mol. The zero-order chi connectivity index (χ0) is 13.3. The van der Waals surface area contributed by atoms with Crippen LogP contribution in [0, 0.1) is 11.3 Å². The van der Waals surface area contributed by atoms with E-state index in [1.807, 2.05) is 30.3 Å². The lowest BCUT2D eigenvalue weighted by Gasteiger charge is -2.25. The van der Waals surface area contributed by atoms with Crippen molar-refractivity contribution in [3.05, 3.63) is 36.0 Å². The quantitative estimate of drug-likeness (QED) is 0.734. The van der Waals surface area contributed by atoms with E-state index in [-0.39, 0.29) is 0 Å². The van der Waals surface area contributed by atoms with Gasteiger partial charge in [0.15, 0.2) is 5.41 Å². The smallest absolute Gasteiger partial charge is 0.245 e. The first kappa shape index (κ1) is 12.5. The fourth-order valence-corrected chi connectivity index (χ4v) is 2.38. The minimum Gasteiger partial charge on any atom is -0.368 e. The van der Waals surface area contributed by atoms with Gasteiger partial charge in [0, 0.05) is 16.5 Å². The summed E-state index contributed by atoms with van der Waals surface area (Å²) in [5.41, 5.74) is 5.31. The van der Waals surface area contributed by atoms with Gasteiger partial charge in [-0.3, -0.25) is 4.79 Å². The number of thiol groups is 1. The maximum atomic E-state index is 11.7. The number of primary amides is 1. The molecule has 5 heteroatoms. The zero-order valence-electron chi connectivity index (χ0n) is 9.84. The van der Waals surface area contributed by atoms with Crippen LogP contribution in [0.3, 0.4) is 0 Å². The highest BCUT2D eigenvalue weighted by molar-refractivity contribution is 7.81. The molecule has 0 aliphatic carbocycles. The van der Waals surface area contributed by atoms with Crippen molar-refractivity contribution in [1.29, 1.82) is 5.26 Å². The van der Waals surface area contributed by atoms with E-state index < -0.39 is 16.6 Å². The molecule has 1 aromatic heterocycles. The van der Waals surface area contributed by atoms with Crippen molar-refractivity contribution in [1.82, 2.24) is 4.98 Å². The van der Waals surface area contributed by atoms with E-state index in [0.29, 0.717) is 5.69 Å². The number of benzene rings is 1. The van der Waals surface area contributed by atoms with Gasteiger partial charge in [-0.05, 0) is 17.5 Å². The zero-order valence-corrected chi connectivity index (χ0v) is 10.7. The molecule has 18 heavy (non-hydrogen) atoms. The molecule has 3 N–H and O–H groups in total. The average Bonchev–Trinajstić information content (AvgIpc) is 2.73. The van der Waals surface area contributed by atoms with E-state index >= 15 is 0 Å². The summed E-state index contributed by atoms with van der Waals surface area (Å²) >= 11 is 4.25. The van der Waals surface area contributed by atoms with E-state index in [4.69, 9.17) is 5.73 Å². The Kier molecular flexibility index (Phi) is 3.05. The maximum Gasteiger partial charge on any atom is 0.245 e. The highest BCUT2D eigenvalue weighted by atomic mass is 32.1. The van der Waals surface area contributed by atoms with Gasteiger partial charge in [0.05, 0.1) is 6.07 Å². The minimum absolute atomic E-state index is 0.487. The Morgan fingerprint density at radius 1 is 1.56 bits per heavy atom. The Balaban J connectivity index is 2.70. The van der Waals surface area contributed by atoms with E-state index in [0.717, 1.165) is 10.9 Å². The van der Waals surface area contributed by atoms with E-state index in [1.54, 1.807) is 13.0 Å². The molecule has 1 amide bonds. The predicted octanol–water partition coefficient (Wildman–Crippen LogP) is 1.73. The molecule has 0 spiro atoms. The topological polar surface area (TPSA) is 82.7 Å². The number of aromatic amines is 1. The molecule has 0 aliphatic heterocycles. The van der Waals surface area contributed by atoms with Gasteiger partial charge in [0.2, 0.25) is 5.91 Å². The predicted molar refractivity (Wildman–Crippen MR) is 73.2 cm³/mol. The molecule has 4 nitrogen and oxygen atoms in total. The Bertz CT molecular complexity index is 608. The molecule has 2 unspecified atom stereocenters. The summed E-state index contributed by atoms with van der Waals surface area (Å²) < 4.78 is 0. The lowest BCUT2D eigenvalue weighted by molar-refractivity contribution is -0.121. The van der Waals surface area contributed by atoms with Crippen LogP contribution >= 0.6 is 12.6 Å². The molecular weight excluding hydrogens is 246 g/mol. The second kappa shape index (κ2) is 4.39. The highest BCUT2D eigenvalue weighted by Gasteiger charge is 2.44. The highest BCUT2D eigenvalue weighted by Crippen LogP contribution is 2.32. The summed E-state index contributed by atoms with van der Waals surface area (Å²) in [5, 5.41) is 9.80. The molecule has 0 aliphatic rings. The number of nitrogens with zero attached hydrogens (tertiary/aromatic N) is 1. The molecule has 2 atom stereocenters. The normalized spacial score (nSPS) is 15.8. The third-order valence-corrected chi connectivity index (χ3v) is 3.53. The number of nitrogens with one attached hydrogen (secondary N) is 1. The van der Waals surface area contributed by atoms with Gasteiger partial charge in [-0.1, -0.05) is 25.1 Å². The van der Waals surface area contributed by atoms with Crippen molar-refractivity contribution in [2.45, 2.75) is 17.6 Å². The summed E-state index contributed by atoms with van der Waals surface area (Å²) in [6.07, 6.45) is 0. The summed E-state index contributed by atoms with van der Waals surface area (Å²) in [7, 11) is 0. The summed E-state index contributed by atoms with van der Waals surface area (Å²) in [4.78, 5) is 14.8. The molecular formula is C13H13N3OS. The van der Waals surface area contributed by atoms with Crippen LogP contribution in [0.4, 0.5) is 0 Å². The molecule has 0 radical (unpaired) electrons. The number of fused-ring (bicyclic) bond motifs is 1. The van der Waals surface area contributed by atoms with Crippen molar-refractivity contribution in [3.8, 4) is 6.07 Å². The summed E-state index contributed by atoms with van der Waals surface area (Å²) in [6, 6.07) is 11.3. The van der Waals surface area contributed by atoms with Gasteiger partial charge in [-0.2, -0.15) is 17.9 Å². The number of nitrogens with two attached hydrogens (primary N) is 1. The number of amides is 1. The molecule has 1 aromatic carbocycles. The third kappa shape index (κ3) is 1.66. The van der Waals surface area contributed by atoms with Crippen LogP contribution in [-0.4, -0.2) is 16.1 Å². The first-order valence-corrected chi connectivity index (χ1v) is 6.01. The van der Waals surface area contributed by atoms with Gasteiger partial charge in [0.25, 0.3) is 0 Å². The van der Waals surface area contributed by atoms with Crippen LogP contribution in [0.15, 0.2) is 30.3 Å². The molecule has 1 heterocycles. The number of nitriles is 1. The lowest BCUT2D eigenvalue weighted by Crippen LogP contribution is -2.46. The Hall–Kier alpha value is -1.93. The van der Waals surface area contributed by atoms with Gasteiger partial charge in [-0.25, -0.2) is 0 Å². The second-order valence-electron chi connectivity index (χ2n) is 4.23. The van der Waals surface area contributed by atoms with Crippen molar-refractivity contribution in [3.63, 3.8) is 0 Å². The number of aromatic nitrogens is 1. The SMILES string of the molecule is CC(S)C(C#N)(C(N)=O)c1cc2ccccc2[nH]1. The Morgan fingerprint density at radius 2 is 2.22 bits per heavy atom. The number of hydrogen-bond acceptors (Lipinski definition) is 3. The van der Waals surface area contributed by atoms with Crippen molar-refractivity contribution in [2.75, 3.05) is 0 Å². The van der Waals surface area contributed by atoms with E-state index in [9.17, 15) is 10.1 Å². The molecule has 2 aromatic rings. The van der Waals surface area contributed by atoms with Crippen molar-refractivity contribution in [2.24, 2.45) is 5.73 Å². The Labute approximate surface area is 110 Å². The molecule has 92 valence electrons. The number of rotatable bonds is 3. The number of hydrogen-bond donors (Lipinski definition) is 3. The lowest BCUT2D eigenvalue weighted by atomic mass is 9.82. The van der Waals surface area contributed by atoms with Gasteiger partial charge < -0.3 is 10.7 Å². The van der Waals surface area contributed by atoms with Crippen LogP contribution in [0.25, 0.3) is 10.9 Å². The number of H-pyrrole nitrogens is 1. The van der Waals surface area contributed by atoms with Gasteiger partial charge >= 0.3 is 0 Å². The van der Waals surface area contributed by atoms with E-state index in [1.165, 1.54) is 0 Å². The standard InChI is InChI=1S/C13H13N3OS/c1-8(18)13(7-14,12(15)17)11-6-9-4-2-3-5-10(9)16-11/h2-6,8,16,18H,1H3,(H2,15,17). The maximum absolute atomic E-state index is 11.7. The Morgan fingerprint density at radius 3 is 2.72 bits per heavy atom. The second-order valence-corrected chi connectivity index (χ2v) is 5.00. The van der Waals surface area contributed by atoms with E-state index in [2.05, 4.69) is 17.6 Å². The largest absolute Gasteiger partial charge is 0.368 e. The molecule has 0 saturated heterocycles. The minimum atomic E-state index is -1.44. The first-order valence-electron chi connectivity index (χ1n) is 5.50. The van der Waals surface area contributed by atoms with Crippen LogP contribution in [0.2, 0.25) is 0 Å². The van der Waals surface area contributed by atoms with Crippen molar-refractivity contribution >= 4 is 29.4 Å². The molecule has 0 saturated carbocycles. The van der Waals surface area contributed by atoms with Crippen LogP contribution in [-0.2, 0) is 10.2 Å². The third-order valence-electron chi connectivity index (χ3n) is 3.15. The summed E-state index contributed by atoms with van der Waals surface area (Å²) in [5.74, 6) is -0.695. The van der Waals surface area contributed by atoms with Crippen LogP contribution in [0.1, 0.15) is 12.6 Å². The number of carbonyl (C=O) groups excluding carboxylic acids is 1. The summed E-state index contributed by atoms with van der Waals surface area (Å²) in [6.45, 7) is 1.68. The van der Waals surface area contributed by atoms with Gasteiger partial charge in [0.1, 0.15) is 0 Å². The molecule has 0 fully saturated rings. The number of carbonyl (C=O) groups is 1. The fourth-order valence-electron chi connectivity index (χ4n) is 2.06. The molecule has 0 bridgehead atoms. The fraction of sp³-hybridized carbons (Fsp3) is 0.231.